The van der Waals surface area contributed by atoms with Crippen molar-refractivity contribution in [2.75, 3.05) is 13.2 Å². The van der Waals surface area contributed by atoms with Crippen LogP contribution in [0.5, 0.6) is 0 Å². The lowest BCUT2D eigenvalue weighted by molar-refractivity contribution is 0.0927. The van der Waals surface area contributed by atoms with Gasteiger partial charge in [0.1, 0.15) is 0 Å². The Morgan fingerprint density at radius 3 is 2.61 bits per heavy atom. The van der Waals surface area contributed by atoms with E-state index in [1.807, 2.05) is 26.0 Å². The molecule has 3 nitrogen and oxygen atoms in total. The molecule has 0 bridgehead atoms. The van der Waals surface area contributed by atoms with E-state index < -0.39 is 0 Å². The number of nitrogens with one attached hydrogen (secondary N) is 1. The number of amides is 1. The molecule has 1 amide bonds. The third-order valence-electron chi connectivity index (χ3n) is 2.69. The molecule has 1 rings (SSSR count). The lowest BCUT2D eigenvalue weighted by Crippen LogP contribution is -2.34. The molecule has 0 radical (unpaired) electrons. The van der Waals surface area contributed by atoms with Gasteiger partial charge in [-0.25, -0.2) is 0 Å². The quantitative estimate of drug-likeness (QED) is 0.825. The van der Waals surface area contributed by atoms with Crippen LogP contribution in [0, 0.1) is 5.41 Å². The van der Waals surface area contributed by atoms with Gasteiger partial charge in [-0.05, 0) is 46.0 Å². The van der Waals surface area contributed by atoms with Gasteiger partial charge in [-0.1, -0.05) is 29.8 Å². The SMILES string of the molecule is CC(C)(CCO)CNC(=O)c1ccc(Br)cc1Br. The van der Waals surface area contributed by atoms with Gasteiger partial charge >= 0.3 is 0 Å². The summed E-state index contributed by atoms with van der Waals surface area (Å²) in [4.78, 5) is 12.0. The van der Waals surface area contributed by atoms with E-state index in [4.69, 9.17) is 5.11 Å². The van der Waals surface area contributed by atoms with Gasteiger partial charge in [0.2, 0.25) is 0 Å². The molecule has 0 aliphatic heterocycles. The summed E-state index contributed by atoms with van der Waals surface area (Å²) in [5.41, 5.74) is 0.504. The lowest BCUT2D eigenvalue weighted by atomic mass is 9.89. The van der Waals surface area contributed by atoms with Crippen molar-refractivity contribution in [2.45, 2.75) is 20.3 Å². The van der Waals surface area contributed by atoms with Crippen molar-refractivity contribution in [3.63, 3.8) is 0 Å². The van der Waals surface area contributed by atoms with E-state index in [1.54, 1.807) is 6.07 Å². The van der Waals surface area contributed by atoms with E-state index in [9.17, 15) is 4.79 Å². The van der Waals surface area contributed by atoms with Crippen molar-refractivity contribution in [2.24, 2.45) is 5.41 Å². The van der Waals surface area contributed by atoms with Crippen molar-refractivity contribution in [3.05, 3.63) is 32.7 Å². The van der Waals surface area contributed by atoms with Crippen LogP contribution in [0.4, 0.5) is 0 Å². The average molecular weight is 379 g/mol. The Bertz CT molecular complexity index is 433. The summed E-state index contributed by atoms with van der Waals surface area (Å²) < 4.78 is 1.68. The van der Waals surface area contributed by atoms with Gasteiger partial charge in [0.25, 0.3) is 5.91 Å². The second kappa shape index (κ2) is 6.68. The van der Waals surface area contributed by atoms with Gasteiger partial charge in [-0.2, -0.15) is 0 Å². The van der Waals surface area contributed by atoms with E-state index in [2.05, 4.69) is 37.2 Å². The maximum atomic E-state index is 12.0. The summed E-state index contributed by atoms with van der Waals surface area (Å²) in [6, 6.07) is 5.44. The highest BCUT2D eigenvalue weighted by molar-refractivity contribution is 9.11. The second-order valence-electron chi connectivity index (χ2n) is 4.94. The molecule has 100 valence electrons. The highest BCUT2D eigenvalue weighted by Crippen LogP contribution is 2.23. The zero-order chi connectivity index (χ0) is 13.8. The van der Waals surface area contributed by atoms with Crippen LogP contribution in [0.2, 0.25) is 0 Å². The van der Waals surface area contributed by atoms with Crippen molar-refractivity contribution in [1.82, 2.24) is 5.32 Å². The number of carbonyl (C=O) groups is 1. The Kier molecular flexibility index (Phi) is 5.82. The molecule has 0 heterocycles. The number of halogens is 2. The fraction of sp³-hybridized carbons (Fsp3) is 0.462. The van der Waals surface area contributed by atoms with Gasteiger partial charge in [0, 0.05) is 22.1 Å². The number of rotatable bonds is 5. The first kappa shape index (κ1) is 15.7. The number of hydrogen-bond donors (Lipinski definition) is 2. The van der Waals surface area contributed by atoms with Gasteiger partial charge in [0.05, 0.1) is 5.56 Å². The molecule has 5 heteroatoms. The third kappa shape index (κ3) is 4.71. The second-order valence-corrected chi connectivity index (χ2v) is 6.71. The Labute approximate surface area is 124 Å². The van der Waals surface area contributed by atoms with E-state index in [1.165, 1.54) is 0 Å². The molecule has 0 saturated heterocycles. The van der Waals surface area contributed by atoms with Crippen LogP contribution < -0.4 is 5.32 Å². The zero-order valence-corrected chi connectivity index (χ0v) is 13.6. The number of benzene rings is 1. The summed E-state index contributed by atoms with van der Waals surface area (Å²) in [6.45, 7) is 4.69. The maximum Gasteiger partial charge on any atom is 0.252 e. The Balaban J connectivity index is 2.66. The van der Waals surface area contributed by atoms with E-state index >= 15 is 0 Å². The molecule has 0 spiro atoms. The molecule has 2 N–H and O–H groups in total. The topological polar surface area (TPSA) is 49.3 Å². The standard InChI is InChI=1S/C13H17Br2NO2/c1-13(2,5-6-17)8-16-12(18)10-4-3-9(14)7-11(10)15/h3-4,7,17H,5-6,8H2,1-2H3,(H,16,18). The van der Waals surface area contributed by atoms with Crippen LogP contribution in [0.15, 0.2) is 27.1 Å². The molecule has 0 aliphatic carbocycles. The molecule has 18 heavy (non-hydrogen) atoms. The molecule has 1 aromatic carbocycles. The van der Waals surface area contributed by atoms with Crippen LogP contribution in [0.1, 0.15) is 30.6 Å². The van der Waals surface area contributed by atoms with Gasteiger partial charge in [-0.3, -0.25) is 4.79 Å². The van der Waals surface area contributed by atoms with E-state index in [-0.39, 0.29) is 17.9 Å². The predicted octanol–water partition coefficient (Wildman–Crippen LogP) is 3.35. The monoisotopic (exact) mass is 377 g/mol. The fourth-order valence-corrected chi connectivity index (χ4v) is 2.71. The Morgan fingerprint density at radius 1 is 1.39 bits per heavy atom. The molecular formula is C13H17Br2NO2. The van der Waals surface area contributed by atoms with Crippen LogP contribution in [0.25, 0.3) is 0 Å². The molecular weight excluding hydrogens is 362 g/mol. The average Bonchev–Trinajstić information content (AvgIpc) is 2.26. The van der Waals surface area contributed by atoms with Crippen LogP contribution in [-0.4, -0.2) is 24.2 Å². The van der Waals surface area contributed by atoms with Gasteiger partial charge in [-0.15, -0.1) is 0 Å². The summed E-state index contributed by atoms with van der Waals surface area (Å²) >= 11 is 6.72. The van der Waals surface area contributed by atoms with Gasteiger partial charge < -0.3 is 10.4 Å². The first-order valence-electron chi connectivity index (χ1n) is 5.70. The Morgan fingerprint density at radius 2 is 2.06 bits per heavy atom. The summed E-state index contributed by atoms with van der Waals surface area (Å²) in [5, 5.41) is 11.8. The Hall–Kier alpha value is -0.390. The molecule has 0 atom stereocenters. The largest absolute Gasteiger partial charge is 0.396 e. The zero-order valence-electron chi connectivity index (χ0n) is 10.5. The lowest BCUT2D eigenvalue weighted by Gasteiger charge is -2.23. The number of carbonyl (C=O) groups excluding carboxylic acids is 1. The van der Waals surface area contributed by atoms with Gasteiger partial charge in [0.15, 0.2) is 0 Å². The first-order valence-corrected chi connectivity index (χ1v) is 7.28. The summed E-state index contributed by atoms with van der Waals surface area (Å²) in [6.07, 6.45) is 0.661. The third-order valence-corrected chi connectivity index (χ3v) is 3.84. The molecule has 0 unspecified atom stereocenters. The highest BCUT2D eigenvalue weighted by atomic mass is 79.9. The smallest absolute Gasteiger partial charge is 0.252 e. The van der Waals surface area contributed by atoms with Crippen molar-refractivity contribution < 1.29 is 9.90 Å². The number of aliphatic hydroxyl groups excluding tert-OH is 1. The predicted molar refractivity (Wildman–Crippen MR) is 79.7 cm³/mol. The number of hydrogen-bond acceptors (Lipinski definition) is 2. The molecule has 0 fully saturated rings. The number of aliphatic hydroxyl groups is 1. The van der Waals surface area contributed by atoms with Crippen molar-refractivity contribution in [3.8, 4) is 0 Å². The summed E-state index contributed by atoms with van der Waals surface area (Å²) in [7, 11) is 0. The minimum Gasteiger partial charge on any atom is -0.396 e. The van der Waals surface area contributed by atoms with Crippen LogP contribution >= 0.6 is 31.9 Å². The molecule has 1 aromatic rings. The van der Waals surface area contributed by atoms with Crippen molar-refractivity contribution in [1.29, 1.82) is 0 Å². The minimum atomic E-state index is -0.111. The maximum absolute atomic E-state index is 12.0. The normalized spacial score (nSPS) is 11.4. The van der Waals surface area contributed by atoms with Crippen molar-refractivity contribution >= 4 is 37.8 Å². The highest BCUT2D eigenvalue weighted by Gasteiger charge is 2.19. The fourth-order valence-electron chi connectivity index (χ4n) is 1.48. The van der Waals surface area contributed by atoms with E-state index in [0.717, 1.165) is 8.95 Å². The van der Waals surface area contributed by atoms with E-state index in [0.29, 0.717) is 18.5 Å². The first-order chi connectivity index (χ1) is 8.35. The minimum absolute atomic E-state index is 0.105. The molecule has 0 aliphatic rings. The molecule has 0 saturated carbocycles. The summed E-state index contributed by atoms with van der Waals surface area (Å²) in [5.74, 6) is -0.111. The molecule has 0 aromatic heterocycles. The van der Waals surface area contributed by atoms with Crippen LogP contribution in [-0.2, 0) is 0 Å². The van der Waals surface area contributed by atoms with Crippen LogP contribution in [0.3, 0.4) is 0 Å².